The molecule has 0 aromatic heterocycles. The van der Waals surface area contributed by atoms with Crippen LogP contribution < -0.4 is 0 Å². The Kier molecular flexibility index (Phi) is 5.22. The van der Waals surface area contributed by atoms with Crippen LogP contribution in [-0.4, -0.2) is 43.3 Å². The molecule has 0 radical (unpaired) electrons. The molecule has 25 heavy (non-hydrogen) atoms. The van der Waals surface area contributed by atoms with E-state index in [-0.39, 0.29) is 10.9 Å². The largest absolute Gasteiger partial charge is 0.294 e. The van der Waals surface area contributed by atoms with Crippen LogP contribution in [0.5, 0.6) is 0 Å². The number of rotatable bonds is 4. The third-order valence-electron chi connectivity index (χ3n) is 4.71. The summed E-state index contributed by atoms with van der Waals surface area (Å²) in [5.41, 5.74) is 1.67. The van der Waals surface area contributed by atoms with Gasteiger partial charge in [-0.15, -0.1) is 0 Å². The van der Waals surface area contributed by atoms with Gasteiger partial charge in [0.05, 0.1) is 4.90 Å². The maximum Gasteiger partial charge on any atom is 0.243 e. The SMILES string of the molecule is Cc1cc(F)ccc1S(=O)(=O)N1CCN(Cc2ccccc2)C(C)C1. The van der Waals surface area contributed by atoms with E-state index >= 15 is 0 Å². The van der Waals surface area contributed by atoms with Crippen molar-refractivity contribution < 1.29 is 12.8 Å². The second-order valence-electron chi connectivity index (χ2n) is 6.58. The average Bonchev–Trinajstić information content (AvgIpc) is 2.57. The van der Waals surface area contributed by atoms with Crippen molar-refractivity contribution >= 4 is 10.0 Å². The summed E-state index contributed by atoms with van der Waals surface area (Å²) < 4.78 is 40.6. The summed E-state index contributed by atoms with van der Waals surface area (Å²) in [7, 11) is -3.60. The lowest BCUT2D eigenvalue weighted by Gasteiger charge is -2.39. The molecule has 6 heteroatoms. The Morgan fingerprint density at radius 1 is 1.12 bits per heavy atom. The van der Waals surface area contributed by atoms with Gasteiger partial charge in [-0.25, -0.2) is 12.8 Å². The number of hydrogen-bond acceptors (Lipinski definition) is 3. The van der Waals surface area contributed by atoms with Crippen LogP contribution in [0.1, 0.15) is 18.1 Å². The van der Waals surface area contributed by atoms with E-state index in [2.05, 4.69) is 17.0 Å². The maximum atomic E-state index is 13.3. The minimum absolute atomic E-state index is 0.115. The summed E-state index contributed by atoms with van der Waals surface area (Å²) in [6, 6.07) is 14.1. The molecule has 0 spiro atoms. The van der Waals surface area contributed by atoms with Gasteiger partial charge < -0.3 is 0 Å². The summed E-state index contributed by atoms with van der Waals surface area (Å²) in [5, 5.41) is 0. The molecule has 0 N–H and O–H groups in total. The lowest BCUT2D eigenvalue weighted by molar-refractivity contribution is 0.122. The normalized spacial score (nSPS) is 19.9. The first-order chi connectivity index (χ1) is 11.9. The fourth-order valence-corrected chi connectivity index (χ4v) is 4.99. The van der Waals surface area contributed by atoms with Crippen LogP contribution in [-0.2, 0) is 16.6 Å². The Morgan fingerprint density at radius 3 is 2.48 bits per heavy atom. The van der Waals surface area contributed by atoms with E-state index in [9.17, 15) is 12.8 Å². The van der Waals surface area contributed by atoms with Crippen LogP contribution in [0, 0.1) is 12.7 Å². The zero-order chi connectivity index (χ0) is 18.0. The van der Waals surface area contributed by atoms with Gasteiger partial charge in [0.25, 0.3) is 0 Å². The van der Waals surface area contributed by atoms with E-state index in [1.54, 1.807) is 6.92 Å². The lowest BCUT2D eigenvalue weighted by Crippen LogP contribution is -2.53. The van der Waals surface area contributed by atoms with Gasteiger partial charge in [0, 0.05) is 32.2 Å². The standard InChI is InChI=1S/C19H23FN2O2S/c1-15-12-18(20)8-9-19(15)25(23,24)22-11-10-21(16(2)13-22)14-17-6-4-3-5-7-17/h3-9,12,16H,10-11,13-14H2,1-2H3. The van der Waals surface area contributed by atoms with E-state index in [1.807, 2.05) is 25.1 Å². The summed E-state index contributed by atoms with van der Waals surface area (Å²) in [4.78, 5) is 2.48. The Morgan fingerprint density at radius 2 is 1.84 bits per heavy atom. The van der Waals surface area contributed by atoms with Crippen LogP contribution in [0.25, 0.3) is 0 Å². The molecule has 0 bridgehead atoms. The molecule has 0 aliphatic carbocycles. The minimum atomic E-state index is -3.60. The van der Waals surface area contributed by atoms with E-state index in [1.165, 1.54) is 28.1 Å². The maximum absolute atomic E-state index is 13.3. The van der Waals surface area contributed by atoms with Crippen molar-refractivity contribution in [1.82, 2.24) is 9.21 Å². The first kappa shape index (κ1) is 18.0. The Labute approximate surface area is 148 Å². The zero-order valence-corrected chi connectivity index (χ0v) is 15.3. The molecule has 1 aliphatic heterocycles. The van der Waals surface area contributed by atoms with Crippen molar-refractivity contribution in [2.45, 2.75) is 31.3 Å². The molecule has 2 aromatic rings. The molecule has 4 nitrogen and oxygen atoms in total. The van der Waals surface area contributed by atoms with Gasteiger partial charge in [-0.1, -0.05) is 30.3 Å². The van der Waals surface area contributed by atoms with Crippen LogP contribution in [0.4, 0.5) is 4.39 Å². The van der Waals surface area contributed by atoms with E-state index < -0.39 is 15.8 Å². The molecule has 134 valence electrons. The van der Waals surface area contributed by atoms with Crippen molar-refractivity contribution in [3.63, 3.8) is 0 Å². The smallest absolute Gasteiger partial charge is 0.243 e. The second-order valence-corrected chi connectivity index (χ2v) is 8.48. The Bertz CT molecular complexity index is 840. The molecule has 1 saturated heterocycles. The van der Waals surface area contributed by atoms with Crippen molar-refractivity contribution in [3.05, 3.63) is 65.5 Å². The Hall–Kier alpha value is -1.76. The van der Waals surface area contributed by atoms with E-state index in [0.29, 0.717) is 25.2 Å². The predicted octanol–water partition coefficient (Wildman–Crippen LogP) is 3.03. The monoisotopic (exact) mass is 362 g/mol. The quantitative estimate of drug-likeness (QED) is 0.839. The van der Waals surface area contributed by atoms with Crippen molar-refractivity contribution in [1.29, 1.82) is 0 Å². The van der Waals surface area contributed by atoms with Gasteiger partial charge in [0.2, 0.25) is 10.0 Å². The van der Waals surface area contributed by atoms with Gasteiger partial charge >= 0.3 is 0 Å². The number of aryl methyl sites for hydroxylation is 1. The lowest BCUT2D eigenvalue weighted by atomic mass is 10.1. The molecule has 2 aromatic carbocycles. The summed E-state index contributed by atoms with van der Waals surface area (Å²) >= 11 is 0. The number of piperazine rings is 1. The summed E-state index contributed by atoms with van der Waals surface area (Å²) in [6.07, 6.45) is 0. The predicted molar refractivity (Wildman–Crippen MR) is 96.2 cm³/mol. The third-order valence-corrected chi connectivity index (χ3v) is 6.74. The average molecular weight is 362 g/mol. The molecule has 1 heterocycles. The van der Waals surface area contributed by atoms with Gasteiger partial charge in [-0.05, 0) is 43.2 Å². The highest BCUT2D eigenvalue weighted by molar-refractivity contribution is 7.89. The van der Waals surface area contributed by atoms with Crippen molar-refractivity contribution in [2.24, 2.45) is 0 Å². The number of sulfonamides is 1. The van der Waals surface area contributed by atoms with Crippen LogP contribution in [0.3, 0.4) is 0 Å². The molecule has 3 rings (SSSR count). The number of nitrogens with zero attached hydrogens (tertiary/aromatic N) is 2. The van der Waals surface area contributed by atoms with Gasteiger partial charge in [0.1, 0.15) is 5.82 Å². The molecular weight excluding hydrogens is 339 g/mol. The van der Waals surface area contributed by atoms with Gasteiger partial charge in [-0.3, -0.25) is 4.90 Å². The van der Waals surface area contributed by atoms with Gasteiger partial charge in [0.15, 0.2) is 0 Å². The third kappa shape index (κ3) is 3.92. The summed E-state index contributed by atoms with van der Waals surface area (Å²) in [5.74, 6) is -0.419. The topological polar surface area (TPSA) is 40.6 Å². The van der Waals surface area contributed by atoms with Crippen LogP contribution in [0.2, 0.25) is 0 Å². The highest BCUT2D eigenvalue weighted by Crippen LogP contribution is 2.24. The van der Waals surface area contributed by atoms with Crippen LogP contribution >= 0.6 is 0 Å². The molecular formula is C19H23FN2O2S. The minimum Gasteiger partial charge on any atom is -0.294 e. The van der Waals surface area contributed by atoms with Crippen LogP contribution in [0.15, 0.2) is 53.4 Å². The van der Waals surface area contributed by atoms with Crippen molar-refractivity contribution in [3.8, 4) is 0 Å². The molecule has 1 fully saturated rings. The first-order valence-corrected chi connectivity index (χ1v) is 9.86. The molecule has 1 aliphatic rings. The molecule has 0 saturated carbocycles. The fourth-order valence-electron chi connectivity index (χ4n) is 3.27. The first-order valence-electron chi connectivity index (χ1n) is 8.42. The number of halogens is 1. The van der Waals surface area contributed by atoms with E-state index in [0.717, 1.165) is 6.54 Å². The summed E-state index contributed by atoms with van der Waals surface area (Å²) in [6.45, 7) is 6.04. The fraction of sp³-hybridized carbons (Fsp3) is 0.368. The molecule has 1 unspecified atom stereocenters. The van der Waals surface area contributed by atoms with E-state index in [4.69, 9.17) is 0 Å². The molecule has 0 amide bonds. The molecule has 1 atom stereocenters. The Balaban J connectivity index is 1.73. The zero-order valence-electron chi connectivity index (χ0n) is 14.5. The van der Waals surface area contributed by atoms with Gasteiger partial charge in [-0.2, -0.15) is 4.31 Å². The highest BCUT2D eigenvalue weighted by Gasteiger charge is 2.33. The second kappa shape index (κ2) is 7.23. The highest BCUT2D eigenvalue weighted by atomic mass is 32.2. The number of hydrogen-bond donors (Lipinski definition) is 0. The van der Waals surface area contributed by atoms with Crippen molar-refractivity contribution in [2.75, 3.05) is 19.6 Å². The number of benzene rings is 2.